The summed E-state index contributed by atoms with van der Waals surface area (Å²) in [6.07, 6.45) is 3.18. The van der Waals surface area contributed by atoms with Gasteiger partial charge in [-0.15, -0.1) is 0 Å². The molecule has 1 aliphatic heterocycles. The lowest BCUT2D eigenvalue weighted by atomic mass is 10.2. The number of anilines is 1. The van der Waals surface area contributed by atoms with E-state index in [1.807, 2.05) is 4.90 Å². The topological polar surface area (TPSA) is 79.4 Å². The van der Waals surface area contributed by atoms with Crippen molar-refractivity contribution >= 4 is 11.7 Å². The molecule has 18 heavy (non-hydrogen) atoms. The molecule has 98 valence electrons. The van der Waals surface area contributed by atoms with Gasteiger partial charge in [0, 0.05) is 26.7 Å². The molecular formula is C11H17N5O2. The zero-order valence-corrected chi connectivity index (χ0v) is 10.5. The molecule has 7 heteroatoms. The van der Waals surface area contributed by atoms with Crippen LogP contribution in [0.4, 0.5) is 5.82 Å². The van der Waals surface area contributed by atoms with Crippen LogP contribution in [0.5, 0.6) is 5.88 Å². The zero-order valence-electron chi connectivity index (χ0n) is 10.5. The van der Waals surface area contributed by atoms with Gasteiger partial charge in [-0.25, -0.2) is 0 Å². The SMILES string of the molecule is CNC(=O)C1CNCCN1c1cncc(OC)n1. The van der Waals surface area contributed by atoms with E-state index in [1.54, 1.807) is 26.6 Å². The van der Waals surface area contributed by atoms with E-state index in [1.165, 1.54) is 0 Å². The maximum atomic E-state index is 11.8. The predicted molar refractivity (Wildman–Crippen MR) is 66.7 cm³/mol. The highest BCUT2D eigenvalue weighted by Gasteiger charge is 2.29. The van der Waals surface area contributed by atoms with Crippen LogP contribution < -0.4 is 20.3 Å². The molecule has 1 saturated heterocycles. The molecule has 1 fully saturated rings. The monoisotopic (exact) mass is 251 g/mol. The first-order valence-electron chi connectivity index (χ1n) is 5.81. The molecule has 0 radical (unpaired) electrons. The molecular weight excluding hydrogens is 234 g/mol. The highest BCUT2D eigenvalue weighted by atomic mass is 16.5. The van der Waals surface area contributed by atoms with Gasteiger partial charge in [0.25, 0.3) is 0 Å². The van der Waals surface area contributed by atoms with Gasteiger partial charge in [-0.05, 0) is 0 Å². The summed E-state index contributed by atoms with van der Waals surface area (Å²) in [7, 11) is 3.17. The molecule has 1 atom stereocenters. The normalized spacial score (nSPS) is 19.4. The molecule has 1 unspecified atom stereocenters. The number of amides is 1. The van der Waals surface area contributed by atoms with Gasteiger partial charge in [-0.2, -0.15) is 4.98 Å². The number of carbonyl (C=O) groups is 1. The number of ether oxygens (including phenoxy) is 1. The second kappa shape index (κ2) is 5.63. The van der Waals surface area contributed by atoms with E-state index in [2.05, 4.69) is 20.6 Å². The smallest absolute Gasteiger partial charge is 0.243 e. The number of carbonyl (C=O) groups excluding carboxylic acids is 1. The Kier molecular flexibility index (Phi) is 3.93. The number of methoxy groups -OCH3 is 1. The van der Waals surface area contributed by atoms with E-state index in [0.717, 1.165) is 6.54 Å². The lowest BCUT2D eigenvalue weighted by molar-refractivity contribution is -0.122. The standard InChI is InChI=1S/C11H17N5O2/c1-12-11(17)8-5-13-3-4-16(8)9-6-14-7-10(15-9)18-2/h6-8,13H,3-5H2,1-2H3,(H,12,17). The van der Waals surface area contributed by atoms with E-state index in [-0.39, 0.29) is 11.9 Å². The van der Waals surface area contributed by atoms with E-state index in [9.17, 15) is 4.79 Å². The molecule has 0 aliphatic carbocycles. The summed E-state index contributed by atoms with van der Waals surface area (Å²) in [5.41, 5.74) is 0. The first kappa shape index (κ1) is 12.6. The molecule has 1 aliphatic rings. The summed E-state index contributed by atoms with van der Waals surface area (Å²) < 4.78 is 5.05. The van der Waals surface area contributed by atoms with Crippen molar-refractivity contribution in [3.8, 4) is 5.88 Å². The maximum absolute atomic E-state index is 11.8. The third-order valence-corrected chi connectivity index (χ3v) is 2.90. The Morgan fingerprint density at radius 3 is 3.17 bits per heavy atom. The number of hydrogen-bond donors (Lipinski definition) is 2. The van der Waals surface area contributed by atoms with Gasteiger partial charge in [0.2, 0.25) is 11.8 Å². The summed E-state index contributed by atoms with van der Waals surface area (Å²) in [6.45, 7) is 2.12. The Bertz CT molecular complexity index is 426. The van der Waals surface area contributed by atoms with Crippen LogP contribution in [0.15, 0.2) is 12.4 Å². The zero-order chi connectivity index (χ0) is 13.0. The van der Waals surface area contributed by atoms with Gasteiger partial charge < -0.3 is 20.3 Å². The van der Waals surface area contributed by atoms with Crippen molar-refractivity contribution in [3.63, 3.8) is 0 Å². The van der Waals surface area contributed by atoms with Crippen molar-refractivity contribution in [2.45, 2.75) is 6.04 Å². The Balaban J connectivity index is 2.24. The summed E-state index contributed by atoms with van der Waals surface area (Å²) in [5, 5.41) is 5.86. The summed E-state index contributed by atoms with van der Waals surface area (Å²) >= 11 is 0. The quantitative estimate of drug-likeness (QED) is 0.718. The molecule has 2 heterocycles. The van der Waals surface area contributed by atoms with Crippen molar-refractivity contribution in [2.24, 2.45) is 0 Å². The van der Waals surface area contributed by atoms with Crippen LogP contribution in [0.25, 0.3) is 0 Å². The van der Waals surface area contributed by atoms with Gasteiger partial charge in [0.1, 0.15) is 6.04 Å². The Morgan fingerprint density at radius 1 is 1.61 bits per heavy atom. The minimum Gasteiger partial charge on any atom is -0.480 e. The first-order chi connectivity index (χ1) is 8.76. The molecule has 1 aromatic heterocycles. The Morgan fingerprint density at radius 2 is 2.44 bits per heavy atom. The number of nitrogens with zero attached hydrogens (tertiary/aromatic N) is 3. The van der Waals surface area contributed by atoms with E-state index in [0.29, 0.717) is 24.8 Å². The third kappa shape index (κ3) is 2.51. The van der Waals surface area contributed by atoms with Gasteiger partial charge in [-0.3, -0.25) is 9.78 Å². The van der Waals surface area contributed by atoms with Gasteiger partial charge >= 0.3 is 0 Å². The fraction of sp³-hybridized carbons (Fsp3) is 0.545. The summed E-state index contributed by atoms with van der Waals surface area (Å²) in [6, 6.07) is -0.273. The largest absolute Gasteiger partial charge is 0.480 e. The van der Waals surface area contributed by atoms with Crippen LogP contribution in [0, 0.1) is 0 Å². The van der Waals surface area contributed by atoms with Crippen molar-refractivity contribution in [1.82, 2.24) is 20.6 Å². The number of likely N-dealkylation sites (N-methyl/N-ethyl adjacent to an activating group) is 1. The number of aromatic nitrogens is 2. The molecule has 2 rings (SSSR count). The van der Waals surface area contributed by atoms with Crippen molar-refractivity contribution in [2.75, 3.05) is 38.7 Å². The lowest BCUT2D eigenvalue weighted by Crippen LogP contribution is -2.57. The first-order valence-corrected chi connectivity index (χ1v) is 5.81. The van der Waals surface area contributed by atoms with Crippen LogP contribution in [0.1, 0.15) is 0 Å². The maximum Gasteiger partial charge on any atom is 0.243 e. The molecule has 0 bridgehead atoms. The van der Waals surface area contributed by atoms with Crippen LogP contribution in [0.3, 0.4) is 0 Å². The lowest BCUT2D eigenvalue weighted by Gasteiger charge is -2.35. The summed E-state index contributed by atoms with van der Waals surface area (Å²) in [4.78, 5) is 22.2. The van der Waals surface area contributed by atoms with Crippen LogP contribution in [-0.4, -0.2) is 55.7 Å². The fourth-order valence-corrected chi connectivity index (χ4v) is 1.95. The summed E-state index contributed by atoms with van der Waals surface area (Å²) in [5.74, 6) is 1.07. The van der Waals surface area contributed by atoms with Crippen molar-refractivity contribution in [3.05, 3.63) is 12.4 Å². The van der Waals surface area contributed by atoms with Gasteiger partial charge in [0.05, 0.1) is 19.5 Å². The Labute approximate surface area is 106 Å². The highest BCUT2D eigenvalue weighted by molar-refractivity contribution is 5.85. The number of hydrogen-bond acceptors (Lipinski definition) is 6. The van der Waals surface area contributed by atoms with Gasteiger partial charge in [0.15, 0.2) is 5.82 Å². The van der Waals surface area contributed by atoms with Crippen LogP contribution in [0.2, 0.25) is 0 Å². The molecule has 2 N–H and O–H groups in total. The number of nitrogens with one attached hydrogen (secondary N) is 2. The van der Waals surface area contributed by atoms with E-state index >= 15 is 0 Å². The van der Waals surface area contributed by atoms with Crippen LogP contribution in [-0.2, 0) is 4.79 Å². The van der Waals surface area contributed by atoms with E-state index < -0.39 is 0 Å². The second-order valence-electron chi connectivity index (χ2n) is 3.95. The average Bonchev–Trinajstić information content (AvgIpc) is 2.46. The number of piperazine rings is 1. The van der Waals surface area contributed by atoms with E-state index in [4.69, 9.17) is 4.74 Å². The molecule has 0 aromatic carbocycles. The number of rotatable bonds is 3. The molecule has 1 aromatic rings. The highest BCUT2D eigenvalue weighted by Crippen LogP contribution is 2.17. The Hall–Kier alpha value is -1.89. The van der Waals surface area contributed by atoms with Crippen molar-refractivity contribution < 1.29 is 9.53 Å². The molecule has 1 amide bonds. The fourth-order valence-electron chi connectivity index (χ4n) is 1.95. The average molecular weight is 251 g/mol. The van der Waals surface area contributed by atoms with Crippen molar-refractivity contribution in [1.29, 1.82) is 0 Å². The third-order valence-electron chi connectivity index (χ3n) is 2.90. The molecule has 0 saturated carbocycles. The van der Waals surface area contributed by atoms with Gasteiger partial charge in [-0.1, -0.05) is 0 Å². The molecule has 0 spiro atoms. The minimum absolute atomic E-state index is 0.0354. The molecule has 7 nitrogen and oxygen atoms in total. The minimum atomic E-state index is -0.273. The second-order valence-corrected chi connectivity index (χ2v) is 3.95. The van der Waals surface area contributed by atoms with Crippen LogP contribution >= 0.6 is 0 Å². The predicted octanol–water partition coefficient (Wildman–Crippen LogP) is -0.991.